The highest BCUT2D eigenvalue weighted by Crippen LogP contribution is 2.18. The molecular weight excluding hydrogens is 260 g/mol. The molecule has 1 amide bonds. The molecule has 0 bridgehead atoms. The minimum Gasteiger partial charge on any atom is -0.316 e. The van der Waals surface area contributed by atoms with Crippen molar-refractivity contribution in [3.8, 4) is 0 Å². The highest BCUT2D eigenvalue weighted by Gasteiger charge is 2.21. The molecule has 96 valence electrons. The SMILES string of the molecule is CCc1nnc(NC(=O)[C@@H]2CCCNC2)s1.Cl. The third-order valence-electron chi connectivity index (χ3n) is 2.67. The summed E-state index contributed by atoms with van der Waals surface area (Å²) in [7, 11) is 0. The van der Waals surface area contributed by atoms with E-state index < -0.39 is 0 Å². The lowest BCUT2D eigenvalue weighted by molar-refractivity contribution is -0.120. The van der Waals surface area contributed by atoms with Gasteiger partial charge < -0.3 is 10.6 Å². The molecule has 0 aliphatic carbocycles. The average Bonchev–Trinajstić information content (AvgIpc) is 2.78. The summed E-state index contributed by atoms with van der Waals surface area (Å²) in [6, 6.07) is 0. The van der Waals surface area contributed by atoms with Crippen molar-refractivity contribution in [3.63, 3.8) is 0 Å². The molecule has 17 heavy (non-hydrogen) atoms. The third-order valence-corrected chi connectivity index (χ3v) is 3.65. The van der Waals surface area contributed by atoms with Crippen LogP contribution in [-0.4, -0.2) is 29.2 Å². The summed E-state index contributed by atoms with van der Waals surface area (Å²) in [5, 5.41) is 15.5. The van der Waals surface area contributed by atoms with E-state index in [1.807, 2.05) is 6.92 Å². The molecule has 1 atom stereocenters. The lowest BCUT2D eigenvalue weighted by Gasteiger charge is -2.20. The Labute approximate surface area is 111 Å². The number of hydrogen-bond donors (Lipinski definition) is 2. The van der Waals surface area contributed by atoms with Crippen molar-refractivity contribution in [1.82, 2.24) is 15.5 Å². The van der Waals surface area contributed by atoms with E-state index in [1.54, 1.807) is 0 Å². The number of carbonyl (C=O) groups excluding carboxylic acids is 1. The van der Waals surface area contributed by atoms with Gasteiger partial charge in [0, 0.05) is 6.54 Å². The molecule has 0 aromatic carbocycles. The minimum absolute atomic E-state index is 0. The molecule has 1 aliphatic rings. The molecular formula is C10H17ClN4OS. The number of aryl methyl sites for hydroxylation is 1. The van der Waals surface area contributed by atoms with Crippen LogP contribution in [0.5, 0.6) is 0 Å². The maximum absolute atomic E-state index is 11.9. The predicted molar refractivity (Wildman–Crippen MR) is 70.8 cm³/mol. The van der Waals surface area contributed by atoms with Crippen LogP contribution < -0.4 is 10.6 Å². The molecule has 0 unspecified atom stereocenters. The number of nitrogens with zero attached hydrogens (tertiary/aromatic N) is 2. The average molecular weight is 277 g/mol. The maximum atomic E-state index is 11.9. The van der Waals surface area contributed by atoms with Crippen molar-refractivity contribution in [1.29, 1.82) is 0 Å². The summed E-state index contributed by atoms with van der Waals surface area (Å²) < 4.78 is 0. The second-order valence-corrected chi connectivity index (χ2v) is 4.95. The van der Waals surface area contributed by atoms with Crippen LogP contribution in [0.15, 0.2) is 0 Å². The summed E-state index contributed by atoms with van der Waals surface area (Å²) in [6.07, 6.45) is 2.88. The lowest BCUT2D eigenvalue weighted by atomic mass is 9.99. The smallest absolute Gasteiger partial charge is 0.230 e. The Morgan fingerprint density at radius 2 is 2.41 bits per heavy atom. The molecule has 1 aromatic heterocycles. The molecule has 1 saturated heterocycles. The van der Waals surface area contributed by atoms with Crippen LogP contribution in [0, 0.1) is 5.92 Å². The van der Waals surface area contributed by atoms with Crippen LogP contribution in [0.4, 0.5) is 5.13 Å². The van der Waals surface area contributed by atoms with Crippen LogP contribution >= 0.6 is 23.7 Å². The largest absolute Gasteiger partial charge is 0.316 e. The van der Waals surface area contributed by atoms with E-state index >= 15 is 0 Å². The van der Waals surface area contributed by atoms with Crippen LogP contribution in [0.25, 0.3) is 0 Å². The zero-order chi connectivity index (χ0) is 11.4. The second-order valence-electron chi connectivity index (χ2n) is 3.89. The fraction of sp³-hybridized carbons (Fsp3) is 0.700. The van der Waals surface area contributed by atoms with E-state index in [0.717, 1.165) is 37.4 Å². The number of piperidine rings is 1. The van der Waals surface area contributed by atoms with Gasteiger partial charge in [0.25, 0.3) is 0 Å². The maximum Gasteiger partial charge on any atom is 0.230 e. The van der Waals surface area contributed by atoms with Gasteiger partial charge in [-0.1, -0.05) is 18.3 Å². The molecule has 1 aromatic rings. The van der Waals surface area contributed by atoms with E-state index in [1.165, 1.54) is 11.3 Å². The molecule has 1 aliphatic heterocycles. The number of nitrogens with one attached hydrogen (secondary N) is 2. The number of hydrogen-bond acceptors (Lipinski definition) is 5. The molecule has 2 rings (SSSR count). The van der Waals surface area contributed by atoms with Crippen LogP contribution in [0.3, 0.4) is 0 Å². The van der Waals surface area contributed by atoms with Gasteiger partial charge in [-0.25, -0.2) is 0 Å². The first kappa shape index (κ1) is 14.3. The summed E-state index contributed by atoms with van der Waals surface area (Å²) in [5.41, 5.74) is 0. The first-order valence-corrected chi connectivity index (χ1v) is 6.45. The first-order chi connectivity index (χ1) is 7.79. The van der Waals surface area contributed by atoms with Gasteiger partial charge >= 0.3 is 0 Å². The zero-order valence-electron chi connectivity index (χ0n) is 9.73. The van der Waals surface area contributed by atoms with E-state index in [2.05, 4.69) is 20.8 Å². The standard InChI is InChI=1S/C10H16N4OS.ClH/c1-2-8-13-14-10(16-8)12-9(15)7-4-3-5-11-6-7;/h7,11H,2-6H2,1H3,(H,12,14,15);1H/t7-;/m1./s1. The van der Waals surface area contributed by atoms with E-state index in [0.29, 0.717) is 5.13 Å². The Kier molecular flexibility index (Phi) is 5.80. The van der Waals surface area contributed by atoms with Gasteiger partial charge in [0.05, 0.1) is 5.92 Å². The third kappa shape index (κ3) is 3.90. The van der Waals surface area contributed by atoms with Crippen molar-refractivity contribution in [2.75, 3.05) is 18.4 Å². The fourth-order valence-electron chi connectivity index (χ4n) is 1.73. The van der Waals surface area contributed by atoms with Crippen molar-refractivity contribution >= 4 is 34.8 Å². The van der Waals surface area contributed by atoms with Gasteiger partial charge in [0.2, 0.25) is 11.0 Å². The number of amides is 1. The normalized spacial score (nSPS) is 19.5. The Morgan fingerprint density at radius 1 is 1.59 bits per heavy atom. The molecule has 0 radical (unpaired) electrons. The van der Waals surface area contributed by atoms with Crippen molar-refractivity contribution in [2.24, 2.45) is 5.92 Å². The van der Waals surface area contributed by atoms with Gasteiger partial charge in [0.1, 0.15) is 5.01 Å². The van der Waals surface area contributed by atoms with Crippen LogP contribution in [-0.2, 0) is 11.2 Å². The Bertz CT molecular complexity index is 365. The highest BCUT2D eigenvalue weighted by atomic mass is 35.5. The highest BCUT2D eigenvalue weighted by molar-refractivity contribution is 7.15. The van der Waals surface area contributed by atoms with Crippen molar-refractivity contribution in [2.45, 2.75) is 26.2 Å². The summed E-state index contributed by atoms with van der Waals surface area (Å²) in [4.78, 5) is 11.9. The van der Waals surface area contributed by atoms with Crippen molar-refractivity contribution in [3.05, 3.63) is 5.01 Å². The molecule has 0 saturated carbocycles. The summed E-state index contributed by atoms with van der Waals surface area (Å²) >= 11 is 1.45. The number of rotatable bonds is 3. The lowest BCUT2D eigenvalue weighted by Crippen LogP contribution is -2.37. The molecule has 2 N–H and O–H groups in total. The van der Waals surface area contributed by atoms with E-state index in [4.69, 9.17) is 0 Å². The number of anilines is 1. The number of carbonyl (C=O) groups is 1. The van der Waals surface area contributed by atoms with Gasteiger partial charge in [0.15, 0.2) is 0 Å². The van der Waals surface area contributed by atoms with E-state index in [-0.39, 0.29) is 24.2 Å². The summed E-state index contributed by atoms with van der Waals surface area (Å²) in [6.45, 7) is 3.81. The fourth-order valence-corrected chi connectivity index (χ4v) is 2.41. The van der Waals surface area contributed by atoms with Crippen LogP contribution in [0.1, 0.15) is 24.8 Å². The molecule has 5 nitrogen and oxygen atoms in total. The van der Waals surface area contributed by atoms with Crippen molar-refractivity contribution < 1.29 is 4.79 Å². The molecule has 0 spiro atoms. The minimum atomic E-state index is 0. The monoisotopic (exact) mass is 276 g/mol. The number of halogens is 1. The number of aromatic nitrogens is 2. The molecule has 1 fully saturated rings. The second kappa shape index (κ2) is 6.88. The quantitative estimate of drug-likeness (QED) is 0.877. The Hall–Kier alpha value is -0.720. The predicted octanol–water partition coefficient (Wildman–Crippen LogP) is 1.46. The molecule has 2 heterocycles. The summed E-state index contributed by atoms with van der Waals surface area (Å²) in [5.74, 6) is 0.133. The first-order valence-electron chi connectivity index (χ1n) is 5.63. The van der Waals surface area contributed by atoms with Crippen LogP contribution in [0.2, 0.25) is 0 Å². The van der Waals surface area contributed by atoms with Gasteiger partial charge in [-0.2, -0.15) is 0 Å². The Morgan fingerprint density at radius 3 is 3.00 bits per heavy atom. The van der Waals surface area contributed by atoms with E-state index in [9.17, 15) is 4.79 Å². The topological polar surface area (TPSA) is 66.9 Å². The Balaban J connectivity index is 0.00000144. The zero-order valence-corrected chi connectivity index (χ0v) is 11.4. The molecule has 7 heteroatoms. The van der Waals surface area contributed by atoms with Gasteiger partial charge in [-0.15, -0.1) is 22.6 Å². The van der Waals surface area contributed by atoms with Gasteiger partial charge in [-0.3, -0.25) is 4.79 Å². The van der Waals surface area contributed by atoms with Gasteiger partial charge in [-0.05, 0) is 25.8 Å².